The van der Waals surface area contributed by atoms with Gasteiger partial charge in [-0.2, -0.15) is 0 Å². The van der Waals surface area contributed by atoms with E-state index in [0.29, 0.717) is 0 Å². The van der Waals surface area contributed by atoms with Crippen molar-refractivity contribution in [3.63, 3.8) is 0 Å². The molecule has 6 aromatic heterocycles. The normalized spacial score (nSPS) is 11.7. The minimum atomic E-state index is 0.865. The molecular formula is C128H80N6S3. The molecule has 22 aromatic carbocycles. The molecule has 0 saturated carbocycles. The van der Waals surface area contributed by atoms with Gasteiger partial charge in [0.15, 0.2) is 0 Å². The molecule has 0 amide bonds. The topological polar surface area (TPSA) is 77.3 Å². The molecule has 6 heterocycles. The Morgan fingerprint density at radius 3 is 0.839 bits per heavy atom. The number of aryl methyl sites for hydroxylation is 2. The van der Waals surface area contributed by atoms with Crippen molar-refractivity contribution in [2.75, 3.05) is 0 Å². The van der Waals surface area contributed by atoms with Crippen LogP contribution in [0.5, 0.6) is 0 Å². The summed E-state index contributed by atoms with van der Waals surface area (Å²) < 4.78 is 7.86. The predicted molar refractivity (Wildman–Crippen MR) is 586 cm³/mol. The molecular weight excluding hydrogens is 1720 g/mol. The molecule has 0 N–H and O–H groups in total. The first-order valence-electron chi connectivity index (χ1n) is 46.4. The fraction of sp³-hybridized carbons (Fsp3) is 0.0156. The van der Waals surface area contributed by atoms with E-state index in [1.807, 2.05) is 52.6 Å². The zero-order valence-corrected chi connectivity index (χ0v) is 77.1. The molecule has 0 atom stereocenters. The molecule has 0 aliphatic rings. The van der Waals surface area contributed by atoms with Gasteiger partial charge < -0.3 is 0 Å². The highest BCUT2D eigenvalue weighted by atomic mass is 32.1. The van der Waals surface area contributed by atoms with Crippen molar-refractivity contribution in [2.45, 2.75) is 13.8 Å². The molecule has 0 fully saturated rings. The van der Waals surface area contributed by atoms with Gasteiger partial charge in [0.1, 0.15) is 0 Å². The van der Waals surface area contributed by atoms with Crippen LogP contribution in [-0.2, 0) is 0 Å². The van der Waals surface area contributed by atoms with Gasteiger partial charge in [-0.15, -0.1) is 34.0 Å². The standard InChI is InChI=1S/2C46H28N2S.C36H24N2S/c1-3-12-29(13-4-1)31-22-24-36-40(26-31)41-27-32(30-14-5-2-6-15-30)23-25-37(41)45-44(36)47-28-42(48-45)34-17-8-7-16-33(34)38-19-11-20-39-35-18-9-10-21-43(35)49-46(38)39;1-3-10-29(11-4-1)33-22-24-36-37-25-23-34(30-12-5-2-6-13-30)27-41(37)45-44(40(36)26-33)47-28-42(48-45)32-20-18-31(19-21-32)35-15-9-16-39-38-14-7-8-17-43(38)49-46(35)39;1-21-14-16-26-30(18-21)31-19-22(2)15-17-27(31)35-34(26)37-20-32(38-35)24-9-4-3-8-23(24)28-11-7-12-29-25-10-5-6-13-33(25)39-36(28)29/h2*1-28H;3-20H,1-2H3. The first-order chi connectivity index (χ1) is 67.7. The number of aromatic nitrogens is 6. The minimum absolute atomic E-state index is 0.865. The van der Waals surface area contributed by atoms with Gasteiger partial charge in [-0.1, -0.05) is 399 Å². The van der Waals surface area contributed by atoms with E-state index in [1.165, 1.54) is 176 Å². The molecule has 6 nitrogen and oxygen atoms in total. The summed E-state index contributed by atoms with van der Waals surface area (Å²) in [5.74, 6) is 0. The van der Waals surface area contributed by atoms with Crippen LogP contribution in [0.1, 0.15) is 11.1 Å². The second kappa shape index (κ2) is 33.7. The first kappa shape index (κ1) is 80.9. The van der Waals surface area contributed by atoms with Crippen LogP contribution in [0.15, 0.2) is 449 Å². The van der Waals surface area contributed by atoms with Gasteiger partial charge in [-0.05, 0) is 155 Å². The van der Waals surface area contributed by atoms with Crippen LogP contribution in [0.2, 0.25) is 0 Å². The number of rotatable bonds is 10. The van der Waals surface area contributed by atoms with Crippen molar-refractivity contribution in [1.29, 1.82) is 0 Å². The summed E-state index contributed by atoms with van der Waals surface area (Å²) in [5, 5.41) is 21.8. The third-order valence-corrected chi connectivity index (χ3v) is 30.9. The van der Waals surface area contributed by atoms with E-state index in [1.54, 1.807) is 0 Å². The van der Waals surface area contributed by atoms with Crippen molar-refractivity contribution in [3.05, 3.63) is 460 Å². The fourth-order valence-corrected chi connectivity index (χ4v) is 24.3. The lowest BCUT2D eigenvalue weighted by Gasteiger charge is -2.15. The summed E-state index contributed by atoms with van der Waals surface area (Å²) >= 11 is 5.58. The first-order valence-corrected chi connectivity index (χ1v) is 48.8. The maximum atomic E-state index is 5.46. The predicted octanol–water partition coefficient (Wildman–Crippen LogP) is 36.2. The van der Waals surface area contributed by atoms with Gasteiger partial charge in [0, 0.05) is 121 Å². The maximum absolute atomic E-state index is 5.46. The third kappa shape index (κ3) is 14.2. The summed E-state index contributed by atoms with van der Waals surface area (Å²) in [6.45, 7) is 4.30. The summed E-state index contributed by atoms with van der Waals surface area (Å²) in [5.41, 5.74) is 30.7. The number of hydrogen-bond acceptors (Lipinski definition) is 9. The van der Waals surface area contributed by atoms with E-state index >= 15 is 0 Å². The average Bonchev–Trinajstić information content (AvgIpc) is 1.66. The molecule has 0 unspecified atom stereocenters. The van der Waals surface area contributed by atoms with E-state index in [4.69, 9.17) is 29.9 Å². The summed E-state index contributed by atoms with van der Waals surface area (Å²) in [6.07, 6.45) is 5.85. The molecule has 28 aromatic rings. The Kier molecular flexibility index (Phi) is 19.9. The molecule has 137 heavy (non-hydrogen) atoms. The molecule has 0 aliphatic heterocycles. The molecule has 9 heteroatoms. The average molecular weight is 1800 g/mol. The molecule has 0 radical (unpaired) electrons. The Labute approximate surface area is 801 Å². The van der Waals surface area contributed by atoms with Crippen molar-refractivity contribution in [3.8, 4) is 112 Å². The fourth-order valence-electron chi connectivity index (χ4n) is 20.6. The highest BCUT2D eigenvalue weighted by Gasteiger charge is 2.24. The van der Waals surface area contributed by atoms with Crippen LogP contribution in [0.3, 0.4) is 0 Å². The van der Waals surface area contributed by atoms with Gasteiger partial charge in [-0.25, -0.2) is 15.0 Å². The Morgan fingerprint density at radius 1 is 0.153 bits per heavy atom. The Bertz CT molecular complexity index is 9700. The van der Waals surface area contributed by atoms with Gasteiger partial charge in [0.05, 0.1) is 68.8 Å². The lowest BCUT2D eigenvalue weighted by molar-refractivity contribution is 1.31. The number of fused-ring (bicyclic) bond motifs is 27. The number of nitrogens with zero attached hydrogens (tertiary/aromatic N) is 6. The lowest BCUT2D eigenvalue weighted by Crippen LogP contribution is -1.94. The van der Waals surface area contributed by atoms with Crippen molar-refractivity contribution in [1.82, 2.24) is 29.9 Å². The highest BCUT2D eigenvalue weighted by Crippen LogP contribution is 2.49. The number of thiophene rings is 3. The minimum Gasteiger partial charge on any atom is -0.252 e. The summed E-state index contributed by atoms with van der Waals surface area (Å²) in [4.78, 5) is 31.6. The van der Waals surface area contributed by atoms with Crippen molar-refractivity contribution in [2.24, 2.45) is 0 Å². The molecule has 0 spiro atoms. The van der Waals surface area contributed by atoms with Crippen LogP contribution in [0.4, 0.5) is 0 Å². The van der Waals surface area contributed by atoms with Gasteiger partial charge in [-0.3, -0.25) is 15.0 Å². The second-order valence-corrected chi connectivity index (χ2v) is 38.6. The van der Waals surface area contributed by atoms with Gasteiger partial charge in [0.25, 0.3) is 0 Å². The monoisotopic (exact) mass is 1800 g/mol. The Balaban J connectivity index is 0.000000107. The zero-order chi connectivity index (χ0) is 90.7. The molecule has 28 rings (SSSR count). The van der Waals surface area contributed by atoms with E-state index in [-0.39, 0.29) is 0 Å². The summed E-state index contributed by atoms with van der Waals surface area (Å²) in [7, 11) is 0. The maximum Gasteiger partial charge on any atom is 0.0979 e. The summed E-state index contributed by atoms with van der Waals surface area (Å²) in [6, 6.07) is 155. The van der Waals surface area contributed by atoms with E-state index in [0.717, 1.165) is 105 Å². The van der Waals surface area contributed by atoms with Crippen LogP contribution in [-0.4, -0.2) is 29.9 Å². The van der Waals surface area contributed by atoms with Crippen LogP contribution in [0.25, 0.3) is 270 Å². The smallest absolute Gasteiger partial charge is 0.0979 e. The Hall–Kier alpha value is -16.9. The quantitative estimate of drug-likeness (QED) is 0.127. The highest BCUT2D eigenvalue weighted by molar-refractivity contribution is 7.27. The number of hydrogen-bond donors (Lipinski definition) is 0. The molecule has 640 valence electrons. The van der Waals surface area contributed by atoms with Gasteiger partial charge >= 0.3 is 0 Å². The largest absolute Gasteiger partial charge is 0.252 e. The molecule has 0 bridgehead atoms. The van der Waals surface area contributed by atoms with E-state index in [9.17, 15) is 0 Å². The second-order valence-electron chi connectivity index (χ2n) is 35.5. The Morgan fingerprint density at radius 2 is 0.423 bits per heavy atom. The van der Waals surface area contributed by atoms with Crippen LogP contribution >= 0.6 is 34.0 Å². The van der Waals surface area contributed by atoms with Crippen molar-refractivity contribution >= 4 is 192 Å². The molecule has 0 saturated heterocycles. The zero-order valence-electron chi connectivity index (χ0n) is 74.6. The molecule has 0 aliphatic carbocycles. The van der Waals surface area contributed by atoms with Crippen molar-refractivity contribution < 1.29 is 0 Å². The number of benzene rings is 22. The van der Waals surface area contributed by atoms with Crippen LogP contribution in [0, 0.1) is 13.8 Å². The third-order valence-electron chi connectivity index (χ3n) is 27.3. The van der Waals surface area contributed by atoms with Crippen LogP contribution < -0.4 is 0 Å². The van der Waals surface area contributed by atoms with Gasteiger partial charge in [0.2, 0.25) is 0 Å². The van der Waals surface area contributed by atoms with E-state index in [2.05, 4.69) is 445 Å². The van der Waals surface area contributed by atoms with E-state index < -0.39 is 0 Å². The SMILES string of the molecule is Cc1ccc2c(c1)c1cc(C)ccc1c1nc(-c3ccccc3-c3cccc4c3sc3ccccc34)cnc21.c1ccc(-c2ccc3c(c2)c2cc(-c4ccccc4)ccc2c2nc(-c4ccccc4-c4cccc5c4sc4ccccc45)cnc32)cc1.c1ccc(-c2ccc3c4ccc(-c5ccccc5)cc4c4nc(-c5ccc(-c6cccc7c6sc6ccccc67)cc5)cnc4c3c2)cc1. The lowest BCUT2D eigenvalue weighted by atomic mass is 9.93.